The maximum Gasteiger partial charge on any atom is 0.292 e. The molecule has 4 nitrogen and oxygen atoms in total. The summed E-state index contributed by atoms with van der Waals surface area (Å²) in [5, 5.41) is 0. The lowest BCUT2D eigenvalue weighted by Gasteiger charge is -2.20. The van der Waals surface area contributed by atoms with Gasteiger partial charge in [0.05, 0.1) is 19.2 Å². The van der Waals surface area contributed by atoms with E-state index in [1.165, 1.54) is 10.5 Å². The first-order valence-electron chi connectivity index (χ1n) is 7.45. The predicted molar refractivity (Wildman–Crippen MR) is 84.4 cm³/mol. The summed E-state index contributed by atoms with van der Waals surface area (Å²) in [6.45, 7) is 0.729. The Balaban J connectivity index is 1.76. The molecule has 1 aliphatic heterocycles. The molecule has 0 spiro atoms. The van der Waals surface area contributed by atoms with Crippen LogP contribution in [0.4, 0.5) is 5.69 Å². The van der Waals surface area contributed by atoms with Crippen molar-refractivity contribution < 1.29 is 14.5 Å². The third kappa shape index (κ3) is 2.78. The van der Waals surface area contributed by atoms with Crippen molar-refractivity contribution in [2.45, 2.75) is 19.0 Å². The minimum absolute atomic E-state index is 0.107. The van der Waals surface area contributed by atoms with Crippen LogP contribution in [0.1, 0.15) is 12.0 Å². The molecule has 0 aromatic heterocycles. The summed E-state index contributed by atoms with van der Waals surface area (Å²) < 4.78 is 0. The number of rotatable bonds is 4. The molecular formula is C18H19N2O2+. The van der Waals surface area contributed by atoms with E-state index in [0.717, 1.165) is 11.4 Å². The van der Waals surface area contributed by atoms with Gasteiger partial charge in [-0.3, -0.25) is 9.59 Å². The number of likely N-dealkylation sites (N-methyl/N-ethyl adjacent to an activating group) is 1. The van der Waals surface area contributed by atoms with Gasteiger partial charge >= 0.3 is 0 Å². The van der Waals surface area contributed by atoms with Gasteiger partial charge in [0.1, 0.15) is 6.54 Å². The smallest absolute Gasteiger partial charge is 0.292 e. The molecule has 1 saturated heterocycles. The summed E-state index contributed by atoms with van der Waals surface area (Å²) in [6.07, 6.45) is 0.270. The number of amides is 2. The van der Waals surface area contributed by atoms with Crippen molar-refractivity contribution in [1.82, 2.24) is 0 Å². The van der Waals surface area contributed by atoms with Crippen LogP contribution in [0.3, 0.4) is 0 Å². The van der Waals surface area contributed by atoms with Crippen molar-refractivity contribution in [3.63, 3.8) is 0 Å². The Morgan fingerprint density at radius 2 is 1.59 bits per heavy atom. The van der Waals surface area contributed by atoms with Crippen LogP contribution < -0.4 is 9.80 Å². The zero-order valence-corrected chi connectivity index (χ0v) is 12.5. The van der Waals surface area contributed by atoms with E-state index < -0.39 is 0 Å². The van der Waals surface area contributed by atoms with Crippen LogP contribution in [-0.2, 0) is 16.1 Å². The number of carbonyl (C=O) groups is 2. The number of hydrogen-bond donors (Lipinski definition) is 1. The fourth-order valence-corrected chi connectivity index (χ4v) is 2.91. The average molecular weight is 295 g/mol. The molecule has 2 aromatic rings. The number of quaternary nitrogens is 1. The van der Waals surface area contributed by atoms with E-state index in [2.05, 4.69) is 0 Å². The lowest BCUT2D eigenvalue weighted by Crippen LogP contribution is -3.12. The fourth-order valence-electron chi connectivity index (χ4n) is 2.91. The van der Waals surface area contributed by atoms with Gasteiger partial charge in [-0.2, -0.15) is 0 Å². The van der Waals surface area contributed by atoms with Gasteiger partial charge in [0.25, 0.3) is 5.91 Å². The molecule has 1 N–H and O–H groups in total. The summed E-state index contributed by atoms with van der Waals surface area (Å²) in [5.74, 6) is -0.224. The minimum Gasteiger partial charge on any atom is -0.323 e. The number of carbonyl (C=O) groups excluding carboxylic acids is 2. The van der Waals surface area contributed by atoms with Gasteiger partial charge in [-0.15, -0.1) is 0 Å². The first-order valence-corrected chi connectivity index (χ1v) is 7.45. The third-order valence-electron chi connectivity index (χ3n) is 4.08. The Labute approximate surface area is 130 Å². The van der Waals surface area contributed by atoms with Crippen molar-refractivity contribution in [3.05, 3.63) is 66.2 Å². The lowest BCUT2D eigenvalue weighted by molar-refractivity contribution is -0.908. The van der Waals surface area contributed by atoms with E-state index in [9.17, 15) is 9.59 Å². The number of anilines is 1. The molecule has 0 aliphatic carbocycles. The highest BCUT2D eigenvalue weighted by Crippen LogP contribution is 2.21. The number of nitrogens with one attached hydrogen (secondary N) is 1. The van der Waals surface area contributed by atoms with Crippen LogP contribution in [0.15, 0.2) is 60.7 Å². The van der Waals surface area contributed by atoms with Gasteiger partial charge < -0.3 is 4.90 Å². The van der Waals surface area contributed by atoms with Gasteiger partial charge in [-0.25, -0.2) is 4.90 Å². The van der Waals surface area contributed by atoms with E-state index in [1.807, 2.05) is 55.6 Å². The second kappa shape index (κ2) is 6.12. The molecular weight excluding hydrogens is 276 g/mol. The standard InChI is InChI=1S/C18H18N2O2/c1-19(13-14-8-4-2-5-9-14)16-12-17(21)20(18(16)22)15-10-6-3-7-11-15/h2-11,16H,12-13H2,1H3/p+1/t16-/m0/s1. The summed E-state index contributed by atoms with van der Waals surface area (Å²) in [6, 6.07) is 18.9. The van der Waals surface area contributed by atoms with Crippen LogP contribution in [0.2, 0.25) is 0 Å². The summed E-state index contributed by atoms with van der Waals surface area (Å²) in [7, 11) is 1.97. The van der Waals surface area contributed by atoms with Crippen LogP contribution in [0.25, 0.3) is 0 Å². The predicted octanol–water partition coefficient (Wildman–Crippen LogP) is 1.03. The molecule has 1 heterocycles. The molecule has 2 atom stereocenters. The van der Waals surface area contributed by atoms with Gasteiger partial charge in [-0.1, -0.05) is 48.5 Å². The molecule has 4 heteroatoms. The van der Waals surface area contributed by atoms with Crippen molar-refractivity contribution in [1.29, 1.82) is 0 Å². The first-order chi connectivity index (χ1) is 10.7. The number of hydrogen-bond acceptors (Lipinski definition) is 2. The maximum atomic E-state index is 12.6. The number of imide groups is 1. The van der Waals surface area contributed by atoms with E-state index in [1.54, 1.807) is 12.1 Å². The lowest BCUT2D eigenvalue weighted by atomic mass is 10.1. The highest BCUT2D eigenvalue weighted by Gasteiger charge is 2.44. The van der Waals surface area contributed by atoms with E-state index in [-0.39, 0.29) is 24.3 Å². The Kier molecular flexibility index (Phi) is 4.02. The van der Waals surface area contributed by atoms with Crippen LogP contribution in [0.5, 0.6) is 0 Å². The molecule has 1 aliphatic rings. The molecule has 0 saturated carbocycles. The summed E-state index contributed by atoms with van der Waals surface area (Å²) in [4.78, 5) is 27.2. The van der Waals surface area contributed by atoms with E-state index in [0.29, 0.717) is 5.69 Å². The van der Waals surface area contributed by atoms with Gasteiger partial charge in [0, 0.05) is 5.56 Å². The summed E-state index contributed by atoms with van der Waals surface area (Å²) >= 11 is 0. The second-order valence-electron chi connectivity index (χ2n) is 5.67. The number of nitrogens with zero attached hydrogens (tertiary/aromatic N) is 1. The van der Waals surface area contributed by atoms with Crippen LogP contribution in [-0.4, -0.2) is 24.9 Å². The van der Waals surface area contributed by atoms with Crippen molar-refractivity contribution >= 4 is 17.5 Å². The van der Waals surface area contributed by atoms with Gasteiger partial charge in [0.2, 0.25) is 5.91 Å². The molecule has 1 fully saturated rings. The van der Waals surface area contributed by atoms with E-state index >= 15 is 0 Å². The topological polar surface area (TPSA) is 41.8 Å². The number of benzene rings is 2. The Morgan fingerprint density at radius 1 is 1.00 bits per heavy atom. The summed E-state index contributed by atoms with van der Waals surface area (Å²) in [5.41, 5.74) is 1.82. The van der Waals surface area contributed by atoms with Gasteiger partial charge in [0.15, 0.2) is 6.04 Å². The fraction of sp³-hybridized carbons (Fsp3) is 0.222. The first kappa shape index (κ1) is 14.5. The Hall–Kier alpha value is -2.46. The van der Waals surface area contributed by atoms with Crippen molar-refractivity contribution in [2.75, 3.05) is 11.9 Å². The molecule has 3 rings (SSSR count). The minimum atomic E-state index is -0.312. The highest BCUT2D eigenvalue weighted by atomic mass is 16.2. The second-order valence-corrected chi connectivity index (χ2v) is 5.67. The molecule has 0 bridgehead atoms. The highest BCUT2D eigenvalue weighted by molar-refractivity contribution is 6.21. The van der Waals surface area contributed by atoms with Crippen molar-refractivity contribution in [2.24, 2.45) is 0 Å². The van der Waals surface area contributed by atoms with Gasteiger partial charge in [-0.05, 0) is 12.1 Å². The van der Waals surface area contributed by atoms with Crippen molar-refractivity contribution in [3.8, 4) is 0 Å². The molecule has 2 aromatic carbocycles. The molecule has 22 heavy (non-hydrogen) atoms. The maximum absolute atomic E-state index is 12.6. The normalized spacial score (nSPS) is 19.5. The molecule has 1 unspecified atom stereocenters. The molecule has 0 radical (unpaired) electrons. The van der Waals surface area contributed by atoms with Crippen LogP contribution >= 0.6 is 0 Å². The number of para-hydroxylation sites is 1. The van der Waals surface area contributed by atoms with E-state index in [4.69, 9.17) is 0 Å². The zero-order valence-electron chi connectivity index (χ0n) is 12.5. The zero-order chi connectivity index (χ0) is 15.5. The third-order valence-corrected chi connectivity index (χ3v) is 4.08. The Morgan fingerprint density at radius 3 is 2.23 bits per heavy atom. The van der Waals surface area contributed by atoms with Crippen LogP contribution in [0, 0.1) is 0 Å². The monoisotopic (exact) mass is 295 g/mol. The molecule has 112 valence electrons. The quantitative estimate of drug-likeness (QED) is 0.856. The SMILES string of the molecule is C[NH+](Cc1ccccc1)[C@H]1CC(=O)N(c2ccccc2)C1=O. The molecule has 2 amide bonds. The largest absolute Gasteiger partial charge is 0.323 e. The Bertz CT molecular complexity index is 670. The average Bonchev–Trinajstić information content (AvgIpc) is 2.84.